The summed E-state index contributed by atoms with van der Waals surface area (Å²) >= 11 is 0. The van der Waals surface area contributed by atoms with E-state index in [9.17, 15) is 35.2 Å². The van der Waals surface area contributed by atoms with E-state index in [1.807, 2.05) is 0 Å². The van der Waals surface area contributed by atoms with E-state index in [4.69, 9.17) is 16.6 Å². The molecule has 0 fully saturated rings. The lowest BCUT2D eigenvalue weighted by Gasteiger charge is -2.23. The van der Waals surface area contributed by atoms with Crippen LogP contribution in [-0.2, 0) is 15.9 Å². The van der Waals surface area contributed by atoms with Crippen molar-refractivity contribution in [3.05, 3.63) is 53.1 Å². The second-order valence-corrected chi connectivity index (χ2v) is 7.75. The zero-order valence-electron chi connectivity index (χ0n) is 15.2. The summed E-state index contributed by atoms with van der Waals surface area (Å²) in [7, 11) is -4.66. The molecule has 2 aromatic carbocycles. The van der Waals surface area contributed by atoms with E-state index in [0.29, 0.717) is 11.6 Å². The Labute approximate surface area is 167 Å². The average Bonchev–Trinajstić information content (AvgIpc) is 2.59. The first-order valence-corrected chi connectivity index (χ1v) is 9.47. The fourth-order valence-corrected chi connectivity index (χ4v) is 3.31. The van der Waals surface area contributed by atoms with Crippen molar-refractivity contribution in [3.8, 4) is 11.1 Å². The summed E-state index contributed by atoms with van der Waals surface area (Å²) in [6.45, 7) is 1.67. The number of rotatable bonds is 4. The second kappa shape index (κ2) is 7.65. The Bertz CT molecular complexity index is 1120. The Balaban J connectivity index is 3.01. The van der Waals surface area contributed by atoms with Crippen LogP contribution in [-0.4, -0.2) is 26.5 Å². The second-order valence-electron chi connectivity index (χ2n) is 6.22. The summed E-state index contributed by atoms with van der Waals surface area (Å²) in [5.41, 5.74) is 6.91. The Morgan fingerprint density at radius 1 is 1.00 bits per heavy atom. The fourth-order valence-electron chi connectivity index (χ4n) is 2.54. The maximum atomic E-state index is 14.2. The molecule has 0 aliphatic heterocycles. The number of guanidine groups is 1. The van der Waals surface area contributed by atoms with E-state index >= 15 is 0 Å². The van der Waals surface area contributed by atoms with Crippen LogP contribution in [0.4, 0.5) is 22.0 Å². The molecule has 2 aromatic rings. The maximum absolute atomic E-state index is 14.2. The molecule has 1 amide bonds. The summed E-state index contributed by atoms with van der Waals surface area (Å²) in [5, 5.41) is 5.11. The predicted molar refractivity (Wildman–Crippen MR) is 98.1 cm³/mol. The van der Waals surface area contributed by atoms with Crippen LogP contribution >= 0.6 is 0 Å². The number of hydrogen-bond acceptors (Lipinski definition) is 3. The van der Waals surface area contributed by atoms with Crippen LogP contribution in [0.15, 0.2) is 46.3 Å². The largest absolute Gasteiger partial charge is 0.458 e. The van der Waals surface area contributed by atoms with Gasteiger partial charge in [-0.2, -0.15) is 26.9 Å². The van der Waals surface area contributed by atoms with E-state index in [1.165, 1.54) is 24.3 Å². The number of carbonyl (C=O) groups is 1. The Morgan fingerprint density at radius 2 is 1.53 bits per heavy atom. The highest BCUT2D eigenvalue weighted by atomic mass is 32.2. The van der Waals surface area contributed by atoms with Gasteiger partial charge in [0.25, 0.3) is 5.91 Å². The van der Waals surface area contributed by atoms with E-state index < -0.39 is 55.6 Å². The number of amides is 1. The molecule has 0 bridgehead atoms. The molecule has 0 aromatic heterocycles. The van der Waals surface area contributed by atoms with Gasteiger partial charge < -0.3 is 11.5 Å². The van der Waals surface area contributed by atoms with Crippen molar-refractivity contribution in [2.75, 3.05) is 0 Å². The lowest BCUT2D eigenvalue weighted by atomic mass is 9.94. The molecule has 0 saturated carbocycles. The van der Waals surface area contributed by atoms with Crippen molar-refractivity contribution in [3.63, 3.8) is 0 Å². The first-order chi connectivity index (χ1) is 13.6. The number of nitrogens with two attached hydrogens (primary N) is 3. The number of sulfonamides is 1. The number of carbonyl (C=O) groups excluding carboxylic acids is 1. The average molecular weight is 450 g/mol. The van der Waals surface area contributed by atoms with Gasteiger partial charge in [0, 0.05) is 11.1 Å². The zero-order chi connectivity index (χ0) is 23.1. The molecule has 162 valence electrons. The molecule has 13 heteroatoms. The van der Waals surface area contributed by atoms with Crippen LogP contribution in [0.1, 0.15) is 21.5 Å². The zero-order valence-corrected chi connectivity index (χ0v) is 16.0. The molecule has 0 radical (unpaired) electrons. The number of primary sulfonamides is 1. The van der Waals surface area contributed by atoms with Crippen molar-refractivity contribution in [2.24, 2.45) is 21.6 Å². The minimum atomic E-state index is -6.10. The van der Waals surface area contributed by atoms with Crippen LogP contribution in [0.25, 0.3) is 11.1 Å². The SMILES string of the molecule is Cc1ccc(-c2cc(C(F)(F)C(F)(F)F)c(C(=O)N=C(N)N)cc2S(N)(=O)=O)cc1. The third-order valence-corrected chi connectivity index (χ3v) is 4.89. The molecule has 0 saturated heterocycles. The van der Waals surface area contributed by atoms with Crippen molar-refractivity contribution in [2.45, 2.75) is 23.9 Å². The Kier molecular flexibility index (Phi) is 5.92. The van der Waals surface area contributed by atoms with Gasteiger partial charge in [-0.1, -0.05) is 29.8 Å². The van der Waals surface area contributed by atoms with E-state index in [0.717, 1.165) is 0 Å². The normalized spacial score (nSPS) is 12.5. The van der Waals surface area contributed by atoms with Gasteiger partial charge in [0.1, 0.15) is 0 Å². The molecule has 0 aliphatic carbocycles. The molecule has 6 N–H and O–H groups in total. The summed E-state index contributed by atoms with van der Waals surface area (Å²) in [6, 6.07) is 6.09. The van der Waals surface area contributed by atoms with Crippen LogP contribution < -0.4 is 16.6 Å². The standard InChI is InChI=1S/C17H15F5N4O3S/c1-8-2-4-9(5-3-8)10-6-12(16(18,19)17(20,21)22)11(14(27)26-15(23)24)7-13(10)30(25,28)29/h2-7H,1H3,(H2,25,28,29)(H4,23,24,26,27). The topological polar surface area (TPSA) is 142 Å². The maximum Gasteiger partial charge on any atom is 0.458 e. The minimum Gasteiger partial charge on any atom is -0.370 e. The smallest absolute Gasteiger partial charge is 0.370 e. The van der Waals surface area contributed by atoms with Gasteiger partial charge in [0.05, 0.1) is 10.5 Å². The van der Waals surface area contributed by atoms with Crippen LogP contribution in [0.5, 0.6) is 0 Å². The molecule has 0 heterocycles. The number of benzene rings is 2. The molecule has 2 rings (SSSR count). The van der Waals surface area contributed by atoms with Gasteiger partial charge in [0.2, 0.25) is 10.0 Å². The summed E-state index contributed by atoms with van der Waals surface area (Å²) in [5.74, 6) is -8.16. The van der Waals surface area contributed by atoms with Gasteiger partial charge >= 0.3 is 12.1 Å². The third kappa shape index (κ3) is 4.57. The number of aryl methyl sites for hydroxylation is 1. The van der Waals surface area contributed by atoms with E-state index in [-0.39, 0.29) is 11.6 Å². The van der Waals surface area contributed by atoms with Gasteiger partial charge in [-0.15, -0.1) is 0 Å². The molecule has 0 aliphatic rings. The van der Waals surface area contributed by atoms with Crippen molar-refractivity contribution < 1.29 is 35.2 Å². The van der Waals surface area contributed by atoms with Crippen molar-refractivity contribution >= 4 is 21.9 Å². The molecular weight excluding hydrogens is 435 g/mol. The lowest BCUT2D eigenvalue weighted by Crippen LogP contribution is -2.35. The van der Waals surface area contributed by atoms with Crippen LogP contribution in [0.3, 0.4) is 0 Å². The molecule has 0 unspecified atom stereocenters. The number of hydrogen-bond donors (Lipinski definition) is 3. The molecule has 30 heavy (non-hydrogen) atoms. The number of aliphatic imine (C=N–C) groups is 1. The first-order valence-electron chi connectivity index (χ1n) is 7.92. The molecule has 7 nitrogen and oxygen atoms in total. The Hall–Kier alpha value is -3.06. The monoisotopic (exact) mass is 450 g/mol. The minimum absolute atomic E-state index is 0.0234. The molecule has 0 spiro atoms. The lowest BCUT2D eigenvalue weighted by molar-refractivity contribution is -0.289. The summed E-state index contributed by atoms with van der Waals surface area (Å²) < 4.78 is 91.7. The Morgan fingerprint density at radius 3 is 1.97 bits per heavy atom. The van der Waals surface area contributed by atoms with E-state index in [2.05, 4.69) is 4.99 Å². The summed E-state index contributed by atoms with van der Waals surface area (Å²) in [6.07, 6.45) is -6.10. The number of nitrogens with zero attached hydrogens (tertiary/aromatic N) is 1. The van der Waals surface area contributed by atoms with Gasteiger partial charge in [-0.25, -0.2) is 13.6 Å². The van der Waals surface area contributed by atoms with Crippen molar-refractivity contribution in [1.29, 1.82) is 0 Å². The van der Waals surface area contributed by atoms with Crippen molar-refractivity contribution in [1.82, 2.24) is 0 Å². The van der Waals surface area contributed by atoms with Gasteiger partial charge in [-0.3, -0.25) is 4.79 Å². The third-order valence-electron chi connectivity index (χ3n) is 3.94. The first kappa shape index (κ1) is 23.2. The number of halogens is 5. The van der Waals surface area contributed by atoms with Gasteiger partial charge in [-0.05, 0) is 24.6 Å². The molecular formula is C17H15F5N4O3S. The fraction of sp³-hybridized carbons (Fsp3) is 0.176. The predicted octanol–water partition coefficient (Wildman–Crippen LogP) is 2.38. The highest BCUT2D eigenvalue weighted by Gasteiger charge is 2.60. The van der Waals surface area contributed by atoms with E-state index in [1.54, 1.807) is 6.92 Å². The summed E-state index contributed by atoms with van der Waals surface area (Å²) in [4.78, 5) is 14.2. The van der Waals surface area contributed by atoms with Crippen LogP contribution in [0, 0.1) is 6.92 Å². The highest BCUT2D eigenvalue weighted by molar-refractivity contribution is 7.89. The molecule has 0 atom stereocenters. The number of alkyl halides is 5. The highest BCUT2D eigenvalue weighted by Crippen LogP contribution is 2.47. The quantitative estimate of drug-likeness (QED) is 0.373. The van der Waals surface area contributed by atoms with Gasteiger partial charge in [0.15, 0.2) is 5.96 Å². The van der Waals surface area contributed by atoms with Crippen LogP contribution in [0.2, 0.25) is 0 Å².